The number of nitrogens with zero attached hydrogens (tertiary/aromatic N) is 2. The first kappa shape index (κ1) is 12.2. The van der Waals surface area contributed by atoms with E-state index in [1.165, 1.54) is 0 Å². The third kappa shape index (κ3) is 2.44. The summed E-state index contributed by atoms with van der Waals surface area (Å²) in [5.74, 6) is 0.680. The van der Waals surface area contributed by atoms with Crippen LogP contribution < -0.4 is 11.5 Å². The quantitative estimate of drug-likeness (QED) is 0.696. The van der Waals surface area contributed by atoms with Crippen molar-refractivity contribution in [2.75, 3.05) is 11.5 Å². The summed E-state index contributed by atoms with van der Waals surface area (Å²) in [5, 5.41) is 0. The van der Waals surface area contributed by atoms with Crippen LogP contribution in [0.15, 0.2) is 60.8 Å². The maximum atomic E-state index is 5.70. The lowest BCUT2D eigenvalue weighted by Gasteiger charge is -2.05. The minimum atomic E-state index is 0.680. The van der Waals surface area contributed by atoms with Crippen LogP contribution in [0, 0.1) is 0 Å². The Labute approximate surface area is 117 Å². The summed E-state index contributed by atoms with van der Waals surface area (Å²) in [6.07, 6.45) is 1.75. The minimum Gasteiger partial charge on any atom is -0.399 e. The molecule has 4 nitrogen and oxygen atoms in total. The van der Waals surface area contributed by atoms with Crippen LogP contribution in [0.1, 0.15) is 0 Å². The minimum absolute atomic E-state index is 0.680. The molecule has 1 heterocycles. The number of benzene rings is 2. The molecule has 20 heavy (non-hydrogen) atoms. The summed E-state index contributed by atoms with van der Waals surface area (Å²) in [4.78, 5) is 8.89. The van der Waals surface area contributed by atoms with E-state index in [0.29, 0.717) is 5.82 Å². The van der Waals surface area contributed by atoms with Crippen LogP contribution in [-0.2, 0) is 0 Å². The summed E-state index contributed by atoms with van der Waals surface area (Å²) in [5.41, 5.74) is 15.7. The van der Waals surface area contributed by atoms with Gasteiger partial charge in [-0.15, -0.1) is 0 Å². The Kier molecular flexibility index (Phi) is 3.05. The molecule has 0 aliphatic heterocycles. The molecule has 3 rings (SSSR count). The first-order valence-corrected chi connectivity index (χ1v) is 6.27. The third-order valence-electron chi connectivity index (χ3n) is 3.03. The Bertz CT molecular complexity index is 657. The van der Waals surface area contributed by atoms with E-state index < -0.39 is 0 Å². The van der Waals surface area contributed by atoms with Gasteiger partial charge >= 0.3 is 0 Å². The van der Waals surface area contributed by atoms with Crippen molar-refractivity contribution < 1.29 is 0 Å². The highest BCUT2D eigenvalue weighted by atomic mass is 14.9. The maximum Gasteiger partial charge on any atom is 0.159 e. The highest BCUT2D eigenvalue weighted by Gasteiger charge is 2.04. The van der Waals surface area contributed by atoms with Crippen LogP contribution in [0.2, 0.25) is 0 Å². The number of anilines is 2. The molecule has 0 fully saturated rings. The largest absolute Gasteiger partial charge is 0.399 e. The SMILES string of the molecule is Nc1ccc(-c2ccnc(-c3ccc(N)cc3)n2)cc1. The van der Waals surface area contributed by atoms with Crippen LogP contribution in [0.4, 0.5) is 11.4 Å². The second-order valence-electron chi connectivity index (χ2n) is 4.51. The van der Waals surface area contributed by atoms with E-state index in [4.69, 9.17) is 11.5 Å². The fraction of sp³-hybridized carbons (Fsp3) is 0. The molecule has 0 saturated heterocycles. The molecular formula is C16H14N4. The second kappa shape index (κ2) is 5.01. The van der Waals surface area contributed by atoms with Gasteiger partial charge in [0.1, 0.15) is 0 Å². The molecule has 3 aromatic rings. The third-order valence-corrected chi connectivity index (χ3v) is 3.03. The van der Waals surface area contributed by atoms with Crippen LogP contribution in [0.5, 0.6) is 0 Å². The van der Waals surface area contributed by atoms with E-state index in [9.17, 15) is 0 Å². The van der Waals surface area contributed by atoms with E-state index in [1.807, 2.05) is 54.6 Å². The summed E-state index contributed by atoms with van der Waals surface area (Å²) < 4.78 is 0. The van der Waals surface area contributed by atoms with Crippen LogP contribution in [0.3, 0.4) is 0 Å². The van der Waals surface area contributed by atoms with Crippen molar-refractivity contribution in [1.29, 1.82) is 0 Å². The summed E-state index contributed by atoms with van der Waals surface area (Å²) in [7, 11) is 0. The van der Waals surface area contributed by atoms with Crippen molar-refractivity contribution in [2.45, 2.75) is 0 Å². The molecular weight excluding hydrogens is 248 g/mol. The standard InChI is InChI=1S/C16H14N4/c17-13-5-1-11(2-6-13)15-9-10-19-16(20-15)12-3-7-14(18)8-4-12/h1-10H,17-18H2. The summed E-state index contributed by atoms with van der Waals surface area (Å²) >= 11 is 0. The van der Waals surface area contributed by atoms with Crippen LogP contribution >= 0.6 is 0 Å². The van der Waals surface area contributed by atoms with E-state index in [2.05, 4.69) is 9.97 Å². The van der Waals surface area contributed by atoms with Gasteiger partial charge in [0.15, 0.2) is 5.82 Å². The molecule has 0 aliphatic carbocycles. The highest BCUT2D eigenvalue weighted by Crippen LogP contribution is 2.22. The fourth-order valence-electron chi connectivity index (χ4n) is 1.94. The van der Waals surface area contributed by atoms with Gasteiger partial charge in [0.25, 0.3) is 0 Å². The van der Waals surface area contributed by atoms with E-state index in [1.54, 1.807) is 6.20 Å². The molecule has 1 aromatic heterocycles. The van der Waals surface area contributed by atoms with Crippen molar-refractivity contribution in [3.8, 4) is 22.6 Å². The lowest BCUT2D eigenvalue weighted by Crippen LogP contribution is -1.92. The molecule has 4 heteroatoms. The topological polar surface area (TPSA) is 77.8 Å². The Balaban J connectivity index is 2.01. The lowest BCUT2D eigenvalue weighted by atomic mass is 10.1. The Morgan fingerprint density at radius 1 is 0.650 bits per heavy atom. The molecule has 2 aromatic carbocycles. The van der Waals surface area contributed by atoms with Crippen molar-refractivity contribution in [1.82, 2.24) is 9.97 Å². The zero-order valence-electron chi connectivity index (χ0n) is 10.8. The predicted molar refractivity (Wildman–Crippen MR) is 81.7 cm³/mol. The van der Waals surface area contributed by atoms with Crippen molar-refractivity contribution in [3.63, 3.8) is 0 Å². The number of nitrogens with two attached hydrogens (primary N) is 2. The lowest BCUT2D eigenvalue weighted by molar-refractivity contribution is 1.18. The summed E-state index contributed by atoms with van der Waals surface area (Å²) in [6.45, 7) is 0. The molecule has 4 N–H and O–H groups in total. The molecule has 0 amide bonds. The van der Waals surface area contributed by atoms with Crippen molar-refractivity contribution in [3.05, 3.63) is 60.8 Å². The second-order valence-corrected chi connectivity index (χ2v) is 4.51. The van der Waals surface area contributed by atoms with Gasteiger partial charge in [-0.3, -0.25) is 0 Å². The van der Waals surface area contributed by atoms with Gasteiger partial charge in [-0.25, -0.2) is 9.97 Å². The fourth-order valence-corrected chi connectivity index (χ4v) is 1.94. The summed E-state index contributed by atoms with van der Waals surface area (Å²) in [6, 6.07) is 17.0. The normalized spacial score (nSPS) is 10.4. The molecule has 0 bridgehead atoms. The number of aromatic nitrogens is 2. The molecule has 0 spiro atoms. The number of rotatable bonds is 2. The van der Waals surface area contributed by atoms with Gasteiger partial charge in [-0.1, -0.05) is 12.1 Å². The molecule has 0 unspecified atom stereocenters. The first-order chi connectivity index (χ1) is 9.72. The van der Waals surface area contributed by atoms with Crippen molar-refractivity contribution in [2.24, 2.45) is 0 Å². The monoisotopic (exact) mass is 262 g/mol. The first-order valence-electron chi connectivity index (χ1n) is 6.27. The average Bonchev–Trinajstić information content (AvgIpc) is 2.49. The average molecular weight is 262 g/mol. The highest BCUT2D eigenvalue weighted by molar-refractivity contribution is 5.65. The zero-order chi connectivity index (χ0) is 13.9. The van der Waals surface area contributed by atoms with Gasteiger partial charge < -0.3 is 11.5 Å². The van der Waals surface area contributed by atoms with E-state index >= 15 is 0 Å². The molecule has 0 aliphatic rings. The predicted octanol–water partition coefficient (Wildman–Crippen LogP) is 2.98. The Hall–Kier alpha value is -2.88. The van der Waals surface area contributed by atoms with Gasteiger partial charge in [-0.05, 0) is 42.5 Å². The zero-order valence-corrected chi connectivity index (χ0v) is 10.8. The molecule has 0 saturated carbocycles. The molecule has 98 valence electrons. The van der Waals surface area contributed by atoms with Gasteiger partial charge in [0, 0.05) is 28.7 Å². The molecule has 0 atom stereocenters. The van der Waals surface area contributed by atoms with Crippen LogP contribution in [-0.4, -0.2) is 9.97 Å². The van der Waals surface area contributed by atoms with E-state index in [-0.39, 0.29) is 0 Å². The van der Waals surface area contributed by atoms with Crippen molar-refractivity contribution >= 4 is 11.4 Å². The smallest absolute Gasteiger partial charge is 0.159 e. The number of hydrogen-bond acceptors (Lipinski definition) is 4. The van der Waals surface area contributed by atoms with Gasteiger partial charge in [0.05, 0.1) is 5.69 Å². The number of hydrogen-bond donors (Lipinski definition) is 2. The maximum absolute atomic E-state index is 5.70. The van der Waals surface area contributed by atoms with E-state index in [0.717, 1.165) is 28.2 Å². The molecule has 0 radical (unpaired) electrons. The van der Waals surface area contributed by atoms with Gasteiger partial charge in [-0.2, -0.15) is 0 Å². The number of nitrogen functional groups attached to an aromatic ring is 2. The Morgan fingerprint density at radius 3 is 1.80 bits per heavy atom. The van der Waals surface area contributed by atoms with Crippen LogP contribution in [0.25, 0.3) is 22.6 Å². The van der Waals surface area contributed by atoms with Gasteiger partial charge in [0.2, 0.25) is 0 Å². The Morgan fingerprint density at radius 2 is 1.20 bits per heavy atom.